The summed E-state index contributed by atoms with van der Waals surface area (Å²) in [6.45, 7) is 2.35. The third-order valence-electron chi connectivity index (χ3n) is 4.08. The quantitative estimate of drug-likeness (QED) is 0.190. The maximum absolute atomic E-state index is 12.0. The number of nitrogens with zero attached hydrogens (tertiary/aromatic N) is 4. The molecule has 0 aliphatic carbocycles. The molecule has 0 spiro atoms. The average molecular weight is 418 g/mol. The number of oxazole rings is 1. The van der Waals surface area contributed by atoms with E-state index in [1.54, 1.807) is 11.3 Å². The molecule has 0 atom stereocenters. The van der Waals surface area contributed by atoms with Gasteiger partial charge in [0, 0.05) is 24.4 Å². The zero-order valence-corrected chi connectivity index (χ0v) is 16.3. The van der Waals surface area contributed by atoms with E-state index in [1.165, 1.54) is 34.5 Å². The summed E-state index contributed by atoms with van der Waals surface area (Å²) in [5.74, 6) is 0.604. The molecule has 4 rings (SSSR count). The average Bonchev–Trinajstić information content (AvgIpc) is 3.37. The number of aromatic nitrogens is 3. The van der Waals surface area contributed by atoms with E-state index in [0.29, 0.717) is 40.9 Å². The van der Waals surface area contributed by atoms with Crippen molar-refractivity contribution >= 4 is 39.9 Å². The fourth-order valence-electron chi connectivity index (χ4n) is 2.71. The van der Waals surface area contributed by atoms with Gasteiger partial charge in [0.25, 0.3) is 16.8 Å². The third-order valence-corrected chi connectivity index (χ3v) is 5.99. The zero-order valence-electron chi connectivity index (χ0n) is 14.7. The molecule has 3 heterocycles. The van der Waals surface area contributed by atoms with Crippen molar-refractivity contribution in [2.24, 2.45) is 0 Å². The molecule has 144 valence electrons. The highest BCUT2D eigenvalue weighted by Gasteiger charge is 2.15. The summed E-state index contributed by atoms with van der Waals surface area (Å²) in [5, 5.41) is 21.5. The second kappa shape index (κ2) is 7.60. The molecule has 1 aromatic carbocycles. The Bertz CT molecular complexity index is 1210. The molecule has 0 aliphatic rings. The van der Waals surface area contributed by atoms with Crippen molar-refractivity contribution in [1.29, 1.82) is 0 Å². The zero-order chi connectivity index (χ0) is 19.7. The van der Waals surface area contributed by atoms with Crippen molar-refractivity contribution in [1.82, 2.24) is 14.8 Å². The van der Waals surface area contributed by atoms with Crippen molar-refractivity contribution in [2.45, 2.75) is 25.1 Å². The molecular weight excluding hydrogens is 404 g/mol. The number of thioether (sulfide) groups is 1. The second-order valence-corrected chi connectivity index (χ2v) is 7.90. The Morgan fingerprint density at radius 3 is 2.89 bits per heavy atom. The van der Waals surface area contributed by atoms with Crippen molar-refractivity contribution < 1.29 is 13.8 Å². The van der Waals surface area contributed by atoms with Crippen LogP contribution in [0.1, 0.15) is 12.0 Å². The van der Waals surface area contributed by atoms with Gasteiger partial charge in [-0.25, -0.2) is 4.79 Å². The van der Waals surface area contributed by atoms with E-state index in [0.717, 1.165) is 10.4 Å². The first-order valence-corrected chi connectivity index (χ1v) is 10.2. The molecule has 0 aliphatic heterocycles. The summed E-state index contributed by atoms with van der Waals surface area (Å²) in [4.78, 5) is 23.4. The Balaban J connectivity index is 1.41. The second-order valence-electron chi connectivity index (χ2n) is 5.94. The Morgan fingerprint density at radius 2 is 2.14 bits per heavy atom. The molecule has 3 aromatic heterocycles. The van der Waals surface area contributed by atoms with Gasteiger partial charge in [-0.15, -0.1) is 21.5 Å². The number of benzene rings is 1. The monoisotopic (exact) mass is 418 g/mol. The molecule has 28 heavy (non-hydrogen) atoms. The first-order chi connectivity index (χ1) is 13.5. The van der Waals surface area contributed by atoms with Crippen LogP contribution in [0.2, 0.25) is 0 Å². The number of nitro groups is 1. The number of nitro benzene ring substituents is 1. The maximum Gasteiger partial charge on any atom is 0.419 e. The number of non-ortho nitro benzene ring substituents is 1. The molecular formula is C17H14N4O5S2. The molecule has 0 amide bonds. The van der Waals surface area contributed by atoms with E-state index >= 15 is 0 Å². The van der Waals surface area contributed by atoms with Crippen molar-refractivity contribution in [3.63, 3.8) is 0 Å². The standard InChI is InChI=1S/C17H14N4O5S2/c1-10-5-8-27-14(10)15-18-19-16(26-15)28-7-2-6-20-12-9-11(21(23)24)3-4-13(12)25-17(20)22/h3-5,8-9H,2,6-7H2,1H3. The normalized spacial score (nSPS) is 11.3. The van der Waals surface area contributed by atoms with Gasteiger partial charge in [-0.2, -0.15) is 0 Å². The van der Waals surface area contributed by atoms with Gasteiger partial charge < -0.3 is 8.83 Å². The molecule has 4 aromatic rings. The van der Waals surface area contributed by atoms with Gasteiger partial charge in [-0.1, -0.05) is 11.8 Å². The summed E-state index contributed by atoms with van der Waals surface area (Å²) < 4.78 is 12.2. The maximum atomic E-state index is 12.0. The van der Waals surface area contributed by atoms with Gasteiger partial charge >= 0.3 is 5.76 Å². The highest BCUT2D eigenvalue weighted by molar-refractivity contribution is 7.99. The lowest BCUT2D eigenvalue weighted by molar-refractivity contribution is -0.384. The Kier molecular flexibility index (Phi) is 5.01. The first kappa shape index (κ1) is 18.4. The Hall–Kier alpha value is -2.92. The molecule has 0 fully saturated rings. The van der Waals surface area contributed by atoms with Crippen LogP contribution < -0.4 is 5.76 Å². The SMILES string of the molecule is Cc1ccsc1-c1nnc(SCCCn2c(=O)oc3ccc([N+](=O)[O-])cc32)o1. The minimum Gasteiger partial charge on any atom is -0.410 e. The lowest BCUT2D eigenvalue weighted by Crippen LogP contribution is -2.14. The summed E-state index contributed by atoms with van der Waals surface area (Å²) in [6, 6.07) is 6.09. The predicted molar refractivity (Wildman–Crippen MR) is 105 cm³/mol. The topological polar surface area (TPSA) is 117 Å². The summed E-state index contributed by atoms with van der Waals surface area (Å²) in [5.41, 5.74) is 1.75. The predicted octanol–water partition coefficient (Wildman–Crippen LogP) is 4.11. The van der Waals surface area contributed by atoms with Gasteiger partial charge in [0.1, 0.15) is 0 Å². The van der Waals surface area contributed by atoms with Crippen LogP contribution in [0.4, 0.5) is 5.69 Å². The molecule has 0 bridgehead atoms. The smallest absolute Gasteiger partial charge is 0.410 e. The van der Waals surface area contributed by atoms with Crippen LogP contribution >= 0.6 is 23.1 Å². The van der Waals surface area contributed by atoms with Gasteiger partial charge in [-0.05, 0) is 36.4 Å². The molecule has 0 radical (unpaired) electrons. The molecule has 9 nitrogen and oxygen atoms in total. The minimum atomic E-state index is -0.534. The lowest BCUT2D eigenvalue weighted by atomic mass is 10.3. The Labute approximate surface area is 166 Å². The van der Waals surface area contributed by atoms with Crippen LogP contribution in [0, 0.1) is 17.0 Å². The highest BCUT2D eigenvalue weighted by atomic mass is 32.2. The van der Waals surface area contributed by atoms with Crippen LogP contribution in [0.15, 0.2) is 48.5 Å². The van der Waals surface area contributed by atoms with Crippen LogP contribution in [0.25, 0.3) is 21.9 Å². The molecule has 0 unspecified atom stereocenters. The van der Waals surface area contributed by atoms with Crippen LogP contribution in [-0.2, 0) is 6.54 Å². The van der Waals surface area contributed by atoms with Crippen molar-refractivity contribution in [2.75, 3.05) is 5.75 Å². The lowest BCUT2D eigenvalue weighted by Gasteiger charge is -2.01. The minimum absolute atomic E-state index is 0.0846. The van der Waals surface area contributed by atoms with Gasteiger partial charge in [0.15, 0.2) is 5.58 Å². The van der Waals surface area contributed by atoms with E-state index in [-0.39, 0.29) is 5.69 Å². The van der Waals surface area contributed by atoms with Gasteiger partial charge in [0.2, 0.25) is 0 Å². The number of rotatable bonds is 7. The van der Waals surface area contributed by atoms with E-state index in [4.69, 9.17) is 8.83 Å². The molecule has 0 N–H and O–H groups in total. The van der Waals surface area contributed by atoms with Crippen molar-refractivity contribution in [3.8, 4) is 10.8 Å². The van der Waals surface area contributed by atoms with E-state index in [9.17, 15) is 14.9 Å². The molecule has 0 saturated heterocycles. The number of aryl methyl sites for hydroxylation is 2. The molecule has 0 saturated carbocycles. The van der Waals surface area contributed by atoms with Crippen LogP contribution in [0.5, 0.6) is 0 Å². The first-order valence-electron chi connectivity index (χ1n) is 8.31. The summed E-state index contributed by atoms with van der Waals surface area (Å²) >= 11 is 2.94. The third kappa shape index (κ3) is 3.58. The number of hydrogen-bond acceptors (Lipinski definition) is 9. The highest BCUT2D eigenvalue weighted by Crippen LogP contribution is 2.30. The van der Waals surface area contributed by atoms with E-state index < -0.39 is 10.7 Å². The fraction of sp³-hybridized carbons (Fsp3) is 0.235. The van der Waals surface area contributed by atoms with Gasteiger partial charge in [-0.3, -0.25) is 14.7 Å². The van der Waals surface area contributed by atoms with Gasteiger partial charge in [0.05, 0.1) is 15.3 Å². The van der Waals surface area contributed by atoms with E-state index in [1.807, 2.05) is 18.4 Å². The van der Waals surface area contributed by atoms with Crippen LogP contribution in [-0.4, -0.2) is 25.4 Å². The largest absolute Gasteiger partial charge is 0.419 e. The summed E-state index contributed by atoms with van der Waals surface area (Å²) in [7, 11) is 0. The van der Waals surface area contributed by atoms with Crippen LogP contribution in [0.3, 0.4) is 0 Å². The number of hydrogen-bond donors (Lipinski definition) is 0. The fourth-order valence-corrected chi connectivity index (χ4v) is 4.24. The molecule has 11 heteroatoms. The summed E-state index contributed by atoms with van der Waals surface area (Å²) in [6.07, 6.45) is 0.623. The van der Waals surface area contributed by atoms with Crippen molar-refractivity contribution in [3.05, 3.63) is 55.9 Å². The number of thiophene rings is 1. The van der Waals surface area contributed by atoms with E-state index in [2.05, 4.69) is 10.2 Å². The number of fused-ring (bicyclic) bond motifs is 1. The Morgan fingerprint density at radius 1 is 1.29 bits per heavy atom.